The summed E-state index contributed by atoms with van der Waals surface area (Å²) in [6.45, 7) is 3.18. The Balaban J connectivity index is 2.90. The van der Waals surface area contributed by atoms with Gasteiger partial charge in [-0.3, -0.25) is 0 Å². The third-order valence-corrected chi connectivity index (χ3v) is 4.16. The fourth-order valence-corrected chi connectivity index (χ4v) is 3.04. The molecule has 9 heteroatoms. The second-order valence-corrected chi connectivity index (χ2v) is 7.39. The predicted octanol–water partition coefficient (Wildman–Crippen LogP) is 5.47. The highest BCUT2D eigenvalue weighted by Gasteiger charge is 2.67. The molecule has 0 spiro atoms. The lowest BCUT2D eigenvalue weighted by Crippen LogP contribution is -2.09. The molecule has 0 unspecified atom stereocenters. The van der Waals surface area contributed by atoms with Crippen LogP contribution >= 0.6 is 21.6 Å². The number of hydrogen-bond acceptors (Lipinski definition) is 3. The molecule has 0 saturated heterocycles. The van der Waals surface area contributed by atoms with Gasteiger partial charge in [-0.1, -0.05) is 33.3 Å². The van der Waals surface area contributed by atoms with Crippen molar-refractivity contribution < 1.29 is 19.4 Å². The quantitative estimate of drug-likeness (QED) is 0.687. The molecule has 0 atom stereocenters. The van der Waals surface area contributed by atoms with E-state index in [4.69, 9.17) is 0 Å². The van der Waals surface area contributed by atoms with Crippen LogP contribution in [0.15, 0.2) is 16.5 Å². The first-order valence-corrected chi connectivity index (χ1v) is 7.70. The molecule has 0 saturated carbocycles. The Kier molecular flexibility index (Phi) is 2.34. The first kappa shape index (κ1) is 13.5. The van der Waals surface area contributed by atoms with Gasteiger partial charge in [0.05, 0.1) is 5.51 Å². The van der Waals surface area contributed by atoms with Gasteiger partial charge in [-0.2, -0.15) is 0 Å². The molecule has 2 aromatic heterocycles. The molecule has 0 fully saturated rings. The zero-order chi connectivity index (χ0) is 13.8. The molecule has 2 heterocycles. The molecule has 0 aromatic carbocycles. The number of hydrogen-bond donors (Lipinski definition) is 0. The van der Waals surface area contributed by atoms with Crippen molar-refractivity contribution in [3.63, 3.8) is 0 Å². The molecule has 2 aromatic rings. The van der Waals surface area contributed by atoms with Crippen molar-refractivity contribution in [3.8, 4) is 0 Å². The van der Waals surface area contributed by atoms with Gasteiger partial charge >= 0.3 is 10.2 Å². The summed E-state index contributed by atoms with van der Waals surface area (Å²) in [7, 11) is -9.75. The predicted molar refractivity (Wildman–Crippen MR) is 62.9 cm³/mol. The van der Waals surface area contributed by atoms with E-state index in [1.165, 1.54) is 0 Å². The SMILES string of the molecule is CC(C)c1cc(S(F)(F)(F)(F)F)c2ncsc2n1. The lowest BCUT2D eigenvalue weighted by Gasteiger charge is -2.40. The average Bonchev–Trinajstić information content (AvgIpc) is 2.58. The highest BCUT2D eigenvalue weighted by molar-refractivity contribution is 8.46. The van der Waals surface area contributed by atoms with Crippen molar-refractivity contribution in [2.24, 2.45) is 0 Å². The highest BCUT2D eigenvalue weighted by Crippen LogP contribution is 3.02. The Bertz CT molecular complexity index is 617. The van der Waals surface area contributed by atoms with Crippen molar-refractivity contribution in [3.05, 3.63) is 17.3 Å². The molecule has 0 aliphatic carbocycles. The molecule has 18 heavy (non-hydrogen) atoms. The van der Waals surface area contributed by atoms with Gasteiger partial charge in [-0.15, -0.1) is 11.3 Å². The van der Waals surface area contributed by atoms with E-state index >= 15 is 0 Å². The maximum atomic E-state index is 12.9. The lowest BCUT2D eigenvalue weighted by atomic mass is 10.1. The molecule has 2 nitrogen and oxygen atoms in total. The fourth-order valence-electron chi connectivity index (χ4n) is 1.43. The maximum Gasteiger partial charge on any atom is 0.312 e. The molecule has 102 valence electrons. The summed E-state index contributed by atoms with van der Waals surface area (Å²) in [6.07, 6.45) is 0. The first-order valence-electron chi connectivity index (χ1n) is 4.87. The van der Waals surface area contributed by atoms with E-state index in [0.717, 1.165) is 16.8 Å². The molecular weight excluding hydrogens is 295 g/mol. The third kappa shape index (κ3) is 2.41. The van der Waals surface area contributed by atoms with Crippen molar-refractivity contribution in [2.75, 3.05) is 0 Å². The largest absolute Gasteiger partial charge is 0.312 e. The molecular formula is C9H9F5N2S2. The topological polar surface area (TPSA) is 25.8 Å². The summed E-state index contributed by atoms with van der Waals surface area (Å²) in [4.78, 5) is 5.21. The summed E-state index contributed by atoms with van der Waals surface area (Å²) in [5.41, 5.74) is 0.285. The Hall–Kier alpha value is -0.960. The van der Waals surface area contributed by atoms with Gasteiger partial charge in [0.25, 0.3) is 0 Å². The van der Waals surface area contributed by atoms with E-state index in [1.807, 2.05) is 0 Å². The van der Waals surface area contributed by atoms with E-state index < -0.39 is 20.6 Å². The van der Waals surface area contributed by atoms with Crippen LogP contribution in [0.4, 0.5) is 19.4 Å². The minimum Gasteiger partial charge on any atom is -0.241 e. The summed E-state index contributed by atoms with van der Waals surface area (Å²) >= 11 is 0.810. The number of rotatable bonds is 2. The van der Waals surface area contributed by atoms with Gasteiger partial charge in [0.1, 0.15) is 15.2 Å². The summed E-state index contributed by atoms with van der Waals surface area (Å²) in [5.74, 6) is -0.379. The van der Waals surface area contributed by atoms with Gasteiger partial charge in [0, 0.05) is 5.69 Å². The van der Waals surface area contributed by atoms with Gasteiger partial charge in [-0.25, -0.2) is 9.97 Å². The Labute approximate surface area is 104 Å². The van der Waals surface area contributed by atoms with Crippen molar-refractivity contribution in [1.82, 2.24) is 9.97 Å². The van der Waals surface area contributed by atoms with Crippen molar-refractivity contribution >= 4 is 31.9 Å². The van der Waals surface area contributed by atoms with Crippen LogP contribution in [0.1, 0.15) is 25.5 Å². The lowest BCUT2D eigenvalue weighted by molar-refractivity contribution is 0.365. The van der Waals surface area contributed by atoms with E-state index in [-0.39, 0.29) is 16.4 Å². The van der Waals surface area contributed by atoms with Crippen LogP contribution in [0.3, 0.4) is 0 Å². The van der Waals surface area contributed by atoms with Gasteiger partial charge < -0.3 is 0 Å². The fraction of sp³-hybridized carbons (Fsp3) is 0.333. The van der Waals surface area contributed by atoms with Crippen LogP contribution in [0.5, 0.6) is 0 Å². The molecule has 0 radical (unpaired) electrons. The van der Waals surface area contributed by atoms with Crippen molar-refractivity contribution in [2.45, 2.75) is 24.7 Å². The molecule has 2 rings (SSSR count). The van der Waals surface area contributed by atoms with E-state index in [2.05, 4.69) is 9.97 Å². The minimum absolute atomic E-state index is 0.0185. The summed E-state index contributed by atoms with van der Waals surface area (Å²) in [5, 5.41) is 0. The average molecular weight is 304 g/mol. The second kappa shape index (κ2) is 3.13. The second-order valence-electron chi connectivity index (χ2n) is 4.18. The zero-order valence-corrected chi connectivity index (χ0v) is 11.0. The van der Waals surface area contributed by atoms with Crippen LogP contribution in [0.25, 0.3) is 10.3 Å². The normalized spacial score (nSPS) is 16.9. The van der Waals surface area contributed by atoms with Gasteiger partial charge in [0.15, 0.2) is 0 Å². The molecule has 0 amide bonds. The summed E-state index contributed by atoms with van der Waals surface area (Å²) < 4.78 is 64.7. The highest BCUT2D eigenvalue weighted by atomic mass is 32.5. The van der Waals surface area contributed by atoms with Crippen LogP contribution in [-0.4, -0.2) is 9.97 Å². The van der Waals surface area contributed by atoms with Gasteiger partial charge in [-0.05, 0) is 12.0 Å². The minimum atomic E-state index is -9.75. The van der Waals surface area contributed by atoms with E-state index in [1.54, 1.807) is 13.8 Å². The van der Waals surface area contributed by atoms with Crippen LogP contribution in [0.2, 0.25) is 0 Å². The number of pyridine rings is 1. The number of aromatic nitrogens is 2. The number of nitrogens with zero attached hydrogens (tertiary/aromatic N) is 2. The Morgan fingerprint density at radius 3 is 2.28 bits per heavy atom. The van der Waals surface area contributed by atoms with E-state index in [0.29, 0.717) is 6.07 Å². The zero-order valence-electron chi connectivity index (χ0n) is 9.33. The van der Waals surface area contributed by atoms with Gasteiger partial charge in [0.2, 0.25) is 0 Å². The Morgan fingerprint density at radius 1 is 1.17 bits per heavy atom. The number of halogens is 5. The molecule has 0 bridgehead atoms. The maximum absolute atomic E-state index is 12.9. The van der Waals surface area contributed by atoms with Crippen LogP contribution < -0.4 is 0 Å². The standard InChI is InChI=1S/C9H9F5N2S2/c1-5(2)6-3-7(18(10,11,12,13)14)8-9(16-6)17-4-15-8/h3-5H,1-2H3. The number of thiazole rings is 1. The third-order valence-electron chi connectivity index (χ3n) is 2.30. The number of fused-ring (bicyclic) bond motifs is 1. The Morgan fingerprint density at radius 2 is 1.78 bits per heavy atom. The van der Waals surface area contributed by atoms with Crippen molar-refractivity contribution in [1.29, 1.82) is 0 Å². The molecule has 0 aliphatic heterocycles. The van der Waals surface area contributed by atoms with Crippen LogP contribution in [-0.2, 0) is 0 Å². The molecule has 0 aliphatic rings. The first-order chi connectivity index (χ1) is 7.88. The summed E-state index contributed by atoms with van der Waals surface area (Å²) in [6, 6.07) is 0.411. The smallest absolute Gasteiger partial charge is 0.241 e. The van der Waals surface area contributed by atoms with E-state index in [9.17, 15) is 19.4 Å². The van der Waals surface area contributed by atoms with Crippen LogP contribution in [0, 0.1) is 0 Å². The molecule has 0 N–H and O–H groups in total. The monoisotopic (exact) mass is 304 g/mol.